The number of hydrogen-bond donors (Lipinski definition) is 1. The normalized spacial score (nSPS) is 15.0. The number of aliphatic imine (C=N–C) groups is 1. The van der Waals surface area contributed by atoms with E-state index >= 15 is 0 Å². The molecule has 1 aliphatic rings. The van der Waals surface area contributed by atoms with Crippen molar-refractivity contribution in [3.63, 3.8) is 0 Å². The molecule has 206 valence electrons. The first-order chi connectivity index (χ1) is 19.2. The van der Waals surface area contributed by atoms with Crippen molar-refractivity contribution >= 4 is 50.7 Å². The molecule has 3 aromatic rings. The Hall–Kier alpha value is -3.89. The minimum Gasteiger partial charge on any atom is -0.506 e. The highest BCUT2D eigenvalue weighted by atomic mass is 79.9. The number of esters is 1. The van der Waals surface area contributed by atoms with Crippen LogP contribution in [0.1, 0.15) is 34.0 Å². The van der Waals surface area contributed by atoms with E-state index in [2.05, 4.69) is 20.9 Å². The standard InChI is InChI=1S/C30H25BrFNO6S/c1-4-38-30(36)25-26(34)24(40-29(25)33-28(35)20-11-7-5-9-17(20)2)15-18-13-21(31)27(23(14-18)37-3)39-16-19-10-6-8-12-22(19)32/h5-15,34H,4,16H2,1-3H3/b24-15-,33-29?. The molecule has 10 heteroatoms. The second kappa shape index (κ2) is 13.0. The van der Waals surface area contributed by atoms with E-state index in [1.165, 1.54) is 13.2 Å². The highest BCUT2D eigenvalue weighted by Gasteiger charge is 2.34. The van der Waals surface area contributed by atoms with Gasteiger partial charge in [-0.25, -0.2) is 14.2 Å². The maximum absolute atomic E-state index is 14.0. The molecule has 1 N–H and O–H groups in total. The van der Waals surface area contributed by atoms with Crippen molar-refractivity contribution in [3.05, 3.63) is 109 Å². The van der Waals surface area contributed by atoms with Crippen molar-refractivity contribution in [2.24, 2.45) is 4.99 Å². The number of ether oxygens (including phenoxy) is 3. The number of methoxy groups -OCH3 is 1. The van der Waals surface area contributed by atoms with Crippen LogP contribution in [0.2, 0.25) is 0 Å². The summed E-state index contributed by atoms with van der Waals surface area (Å²) >= 11 is 4.45. The Balaban J connectivity index is 1.67. The summed E-state index contributed by atoms with van der Waals surface area (Å²) in [6.45, 7) is 3.49. The van der Waals surface area contributed by atoms with Crippen molar-refractivity contribution in [2.75, 3.05) is 13.7 Å². The fourth-order valence-electron chi connectivity index (χ4n) is 3.84. The SMILES string of the molecule is CCOC(=O)C1=C(O)/C(=C/c2cc(Br)c(OCc3ccccc3F)c(OC)c2)SC1=NC(=O)c1ccccc1C. The number of carbonyl (C=O) groups excluding carboxylic acids is 2. The third kappa shape index (κ3) is 6.46. The molecule has 0 aromatic heterocycles. The summed E-state index contributed by atoms with van der Waals surface area (Å²) in [7, 11) is 1.47. The van der Waals surface area contributed by atoms with Crippen LogP contribution in [-0.2, 0) is 16.1 Å². The Morgan fingerprint density at radius 3 is 2.55 bits per heavy atom. The summed E-state index contributed by atoms with van der Waals surface area (Å²) in [6.07, 6.45) is 1.62. The first kappa shape index (κ1) is 29.1. The maximum Gasteiger partial charge on any atom is 0.344 e. The molecule has 0 radical (unpaired) electrons. The summed E-state index contributed by atoms with van der Waals surface area (Å²) in [4.78, 5) is 30.1. The number of amides is 1. The number of aliphatic hydroxyl groups is 1. The van der Waals surface area contributed by atoms with Gasteiger partial charge in [0.2, 0.25) is 0 Å². The first-order valence-corrected chi connectivity index (χ1v) is 13.8. The molecular weight excluding hydrogens is 601 g/mol. The lowest BCUT2D eigenvalue weighted by atomic mass is 10.1. The van der Waals surface area contributed by atoms with Gasteiger partial charge < -0.3 is 19.3 Å². The van der Waals surface area contributed by atoms with Crippen LogP contribution in [0, 0.1) is 12.7 Å². The molecule has 0 bridgehead atoms. The number of rotatable bonds is 8. The van der Waals surface area contributed by atoms with Gasteiger partial charge in [0.15, 0.2) is 11.5 Å². The summed E-state index contributed by atoms with van der Waals surface area (Å²) < 4.78 is 31.0. The Bertz CT molecular complexity index is 1570. The van der Waals surface area contributed by atoms with Gasteiger partial charge in [0, 0.05) is 11.1 Å². The lowest BCUT2D eigenvalue weighted by molar-refractivity contribution is -0.138. The number of benzene rings is 3. The third-order valence-corrected chi connectivity index (χ3v) is 7.44. The van der Waals surface area contributed by atoms with Gasteiger partial charge in [-0.05, 0) is 71.2 Å². The van der Waals surface area contributed by atoms with Gasteiger partial charge in [-0.15, -0.1) is 0 Å². The first-order valence-electron chi connectivity index (χ1n) is 12.2. The average molecular weight is 627 g/mol. The molecule has 4 rings (SSSR count). The fourth-order valence-corrected chi connectivity index (χ4v) is 5.42. The molecule has 0 spiro atoms. The Morgan fingerprint density at radius 2 is 1.85 bits per heavy atom. The smallest absolute Gasteiger partial charge is 0.344 e. The quantitative estimate of drug-likeness (QED) is 0.265. The van der Waals surface area contributed by atoms with Crippen molar-refractivity contribution in [3.8, 4) is 11.5 Å². The van der Waals surface area contributed by atoms with Crippen LogP contribution >= 0.6 is 27.7 Å². The van der Waals surface area contributed by atoms with Crippen LogP contribution < -0.4 is 9.47 Å². The minimum atomic E-state index is -0.789. The van der Waals surface area contributed by atoms with Crippen LogP contribution in [-0.4, -0.2) is 35.7 Å². The van der Waals surface area contributed by atoms with E-state index < -0.39 is 11.9 Å². The highest BCUT2D eigenvalue weighted by Crippen LogP contribution is 2.42. The number of aryl methyl sites for hydroxylation is 1. The van der Waals surface area contributed by atoms with E-state index in [4.69, 9.17) is 14.2 Å². The Morgan fingerprint density at radius 1 is 1.12 bits per heavy atom. The highest BCUT2D eigenvalue weighted by molar-refractivity contribution is 9.10. The second-order valence-corrected chi connectivity index (χ2v) is 10.4. The zero-order chi connectivity index (χ0) is 28.8. The number of aliphatic hydroxyl groups excluding tert-OH is 1. The van der Waals surface area contributed by atoms with Gasteiger partial charge in [-0.3, -0.25) is 4.79 Å². The second-order valence-electron chi connectivity index (χ2n) is 8.51. The summed E-state index contributed by atoms with van der Waals surface area (Å²) in [5, 5.41) is 11.0. The maximum atomic E-state index is 14.0. The number of carbonyl (C=O) groups is 2. The molecule has 1 heterocycles. The number of hydrogen-bond acceptors (Lipinski definition) is 7. The lowest BCUT2D eigenvalue weighted by Crippen LogP contribution is -2.14. The summed E-state index contributed by atoms with van der Waals surface area (Å²) in [5.74, 6) is -1.34. The van der Waals surface area contributed by atoms with E-state index in [-0.39, 0.29) is 40.3 Å². The molecule has 3 aromatic carbocycles. The molecular formula is C30H25BrFNO6S. The molecule has 40 heavy (non-hydrogen) atoms. The van der Waals surface area contributed by atoms with Crippen molar-refractivity contribution in [1.29, 1.82) is 0 Å². The minimum absolute atomic E-state index is 0.0148. The van der Waals surface area contributed by atoms with Gasteiger partial charge in [0.05, 0.1) is 23.1 Å². The topological polar surface area (TPSA) is 94.4 Å². The Labute approximate surface area is 243 Å². The molecule has 0 atom stereocenters. The van der Waals surface area contributed by atoms with Gasteiger partial charge in [0.25, 0.3) is 5.91 Å². The van der Waals surface area contributed by atoms with Crippen LogP contribution in [0.15, 0.2) is 86.4 Å². The van der Waals surface area contributed by atoms with E-state index in [9.17, 15) is 19.1 Å². The van der Waals surface area contributed by atoms with Crippen LogP contribution in [0.25, 0.3) is 6.08 Å². The predicted molar refractivity (Wildman–Crippen MR) is 156 cm³/mol. The molecule has 0 saturated carbocycles. The average Bonchev–Trinajstić information content (AvgIpc) is 3.22. The molecule has 1 aliphatic heterocycles. The summed E-state index contributed by atoms with van der Waals surface area (Å²) in [6, 6.07) is 16.7. The Kier molecular flexibility index (Phi) is 9.44. The zero-order valence-corrected chi connectivity index (χ0v) is 24.3. The molecule has 0 unspecified atom stereocenters. The van der Waals surface area contributed by atoms with Crippen molar-refractivity contribution < 1.29 is 33.3 Å². The van der Waals surface area contributed by atoms with E-state index in [0.29, 0.717) is 32.7 Å². The molecule has 7 nitrogen and oxygen atoms in total. The molecule has 0 saturated heterocycles. The largest absolute Gasteiger partial charge is 0.506 e. The van der Waals surface area contributed by atoms with Gasteiger partial charge in [-0.2, -0.15) is 0 Å². The molecule has 0 fully saturated rings. The summed E-state index contributed by atoms with van der Waals surface area (Å²) in [5.41, 5.74) is 1.91. The van der Waals surface area contributed by atoms with Crippen molar-refractivity contribution in [2.45, 2.75) is 20.5 Å². The molecule has 0 aliphatic carbocycles. The zero-order valence-electron chi connectivity index (χ0n) is 21.9. The van der Waals surface area contributed by atoms with Crippen LogP contribution in [0.5, 0.6) is 11.5 Å². The predicted octanol–water partition coefficient (Wildman–Crippen LogP) is 7.19. The van der Waals surface area contributed by atoms with Crippen molar-refractivity contribution in [1.82, 2.24) is 0 Å². The van der Waals surface area contributed by atoms with Gasteiger partial charge in [0.1, 0.15) is 28.8 Å². The van der Waals surface area contributed by atoms with E-state index in [0.717, 1.165) is 17.3 Å². The van der Waals surface area contributed by atoms with Gasteiger partial charge in [-0.1, -0.05) is 48.2 Å². The fraction of sp³-hybridized carbons (Fsp3) is 0.167. The molecule has 1 amide bonds. The number of nitrogens with zero attached hydrogens (tertiary/aromatic N) is 1. The lowest BCUT2D eigenvalue weighted by Gasteiger charge is -2.14. The van der Waals surface area contributed by atoms with Crippen LogP contribution in [0.4, 0.5) is 4.39 Å². The monoisotopic (exact) mass is 625 g/mol. The third-order valence-electron chi connectivity index (χ3n) is 5.83. The van der Waals surface area contributed by atoms with E-state index in [1.807, 2.05) is 6.07 Å². The number of thioether (sulfide) groups is 1. The van der Waals surface area contributed by atoms with Gasteiger partial charge >= 0.3 is 5.97 Å². The number of halogens is 2. The van der Waals surface area contributed by atoms with E-state index in [1.54, 1.807) is 68.5 Å². The van der Waals surface area contributed by atoms with Crippen LogP contribution in [0.3, 0.4) is 0 Å².